The number of aromatic nitrogens is 1. The summed E-state index contributed by atoms with van der Waals surface area (Å²) in [6, 6.07) is 0.862. The highest BCUT2D eigenvalue weighted by Gasteiger charge is 2.42. The lowest BCUT2D eigenvalue weighted by Crippen LogP contribution is -2.38. The first-order valence-corrected chi connectivity index (χ1v) is 9.33. The lowest BCUT2D eigenvalue weighted by molar-refractivity contribution is 0.00407. The van der Waals surface area contributed by atoms with Gasteiger partial charge in [-0.3, -0.25) is 9.88 Å². The molecule has 0 saturated carbocycles. The van der Waals surface area contributed by atoms with Crippen molar-refractivity contribution in [3.05, 3.63) is 33.4 Å². The number of fused-ring (bicyclic) bond motifs is 3. The van der Waals surface area contributed by atoms with Gasteiger partial charge in [-0.05, 0) is 39.3 Å². The third-order valence-corrected chi connectivity index (χ3v) is 5.45. The number of methoxy groups -OCH3 is 1. The molecule has 2 atom stereocenters. The molecular formula is C19H22Cl2N2O4. The van der Waals surface area contributed by atoms with Gasteiger partial charge in [-0.1, -0.05) is 23.2 Å². The molecule has 8 heteroatoms. The summed E-state index contributed by atoms with van der Waals surface area (Å²) in [4.78, 5) is 18.8. The summed E-state index contributed by atoms with van der Waals surface area (Å²) in [5.74, 6) is 0.424. The molecular weight excluding hydrogens is 391 g/mol. The van der Waals surface area contributed by atoms with Crippen LogP contribution in [0.4, 0.5) is 4.79 Å². The monoisotopic (exact) mass is 412 g/mol. The summed E-state index contributed by atoms with van der Waals surface area (Å²) in [5.41, 5.74) is 1.48. The average molecular weight is 413 g/mol. The Labute approximate surface area is 168 Å². The number of carbonyl (C=O) groups is 1. The molecule has 6 nitrogen and oxygen atoms in total. The van der Waals surface area contributed by atoms with Crippen LogP contribution in [0.5, 0.6) is 5.75 Å². The molecule has 1 aromatic heterocycles. The van der Waals surface area contributed by atoms with E-state index in [4.69, 9.17) is 32.7 Å². The SMILES string of the molecule is COc1cc2c3c(cnc2c(Cl)c1Cl)C(CO)N(C(=O)OC(C)(C)C)[C@H]3C. The molecule has 1 unspecified atom stereocenters. The standard InChI is InChI=1S/C19H22Cl2N2O4/c1-9-14-10-6-13(26-5)15(20)16(21)17(10)22-7-11(14)12(8-24)23(9)18(25)27-19(2,3)4/h6-7,9,12,24H,8H2,1-5H3/t9-,12?/m0/s1. The quantitative estimate of drug-likeness (QED) is 0.759. The Morgan fingerprint density at radius 1 is 1.33 bits per heavy atom. The van der Waals surface area contributed by atoms with E-state index in [9.17, 15) is 9.90 Å². The highest BCUT2D eigenvalue weighted by atomic mass is 35.5. The van der Waals surface area contributed by atoms with E-state index in [1.54, 1.807) is 33.0 Å². The van der Waals surface area contributed by atoms with Gasteiger partial charge in [0, 0.05) is 17.1 Å². The average Bonchev–Trinajstić information content (AvgIpc) is 2.88. The van der Waals surface area contributed by atoms with Crippen molar-refractivity contribution in [3.63, 3.8) is 0 Å². The van der Waals surface area contributed by atoms with E-state index in [-0.39, 0.29) is 22.7 Å². The van der Waals surface area contributed by atoms with Gasteiger partial charge >= 0.3 is 6.09 Å². The van der Waals surface area contributed by atoms with E-state index < -0.39 is 17.7 Å². The van der Waals surface area contributed by atoms with Gasteiger partial charge in [0.25, 0.3) is 0 Å². The van der Waals surface area contributed by atoms with E-state index in [2.05, 4.69) is 4.98 Å². The van der Waals surface area contributed by atoms with Gasteiger partial charge in [0.15, 0.2) is 0 Å². The maximum atomic E-state index is 12.8. The third-order valence-electron chi connectivity index (χ3n) is 4.61. The molecule has 0 saturated heterocycles. The minimum atomic E-state index is -0.647. The number of hydrogen-bond donors (Lipinski definition) is 1. The van der Waals surface area contributed by atoms with Gasteiger partial charge in [-0.2, -0.15) is 0 Å². The fourth-order valence-electron chi connectivity index (χ4n) is 3.51. The molecule has 1 amide bonds. The Morgan fingerprint density at radius 2 is 2.00 bits per heavy atom. The first kappa shape index (κ1) is 20.0. The number of aliphatic hydroxyl groups is 1. The molecule has 1 aromatic carbocycles. The van der Waals surface area contributed by atoms with Crippen LogP contribution in [0.15, 0.2) is 12.3 Å². The summed E-state index contributed by atoms with van der Waals surface area (Å²) in [5, 5.41) is 11.3. The molecule has 2 heterocycles. The van der Waals surface area contributed by atoms with Crippen LogP contribution >= 0.6 is 23.2 Å². The number of pyridine rings is 1. The smallest absolute Gasteiger partial charge is 0.411 e. The predicted octanol–water partition coefficient (Wildman–Crippen LogP) is 4.90. The highest BCUT2D eigenvalue weighted by Crippen LogP contribution is 2.48. The van der Waals surface area contributed by atoms with Crippen molar-refractivity contribution in [1.82, 2.24) is 9.88 Å². The summed E-state index contributed by atoms with van der Waals surface area (Å²) in [7, 11) is 1.51. The van der Waals surface area contributed by atoms with Crippen LogP contribution in [0, 0.1) is 0 Å². The Balaban J connectivity index is 2.19. The van der Waals surface area contributed by atoms with Crippen LogP contribution < -0.4 is 4.74 Å². The lowest BCUT2D eigenvalue weighted by atomic mass is 9.99. The molecule has 1 aliphatic rings. The number of ether oxygens (including phenoxy) is 2. The van der Waals surface area contributed by atoms with Gasteiger partial charge in [0.2, 0.25) is 0 Å². The topological polar surface area (TPSA) is 71.9 Å². The summed E-state index contributed by atoms with van der Waals surface area (Å²) in [6.45, 7) is 7.04. The zero-order chi connectivity index (χ0) is 20.1. The molecule has 0 fully saturated rings. The number of carbonyl (C=O) groups excluding carboxylic acids is 1. The summed E-state index contributed by atoms with van der Waals surface area (Å²) >= 11 is 12.6. The minimum absolute atomic E-state index is 0.248. The highest BCUT2D eigenvalue weighted by molar-refractivity contribution is 6.46. The van der Waals surface area contributed by atoms with Crippen molar-refractivity contribution < 1.29 is 19.4 Å². The van der Waals surface area contributed by atoms with E-state index >= 15 is 0 Å². The largest absolute Gasteiger partial charge is 0.495 e. The molecule has 27 heavy (non-hydrogen) atoms. The van der Waals surface area contributed by atoms with Gasteiger partial charge < -0.3 is 14.6 Å². The van der Waals surface area contributed by atoms with E-state index in [0.717, 1.165) is 16.5 Å². The Morgan fingerprint density at radius 3 is 2.56 bits per heavy atom. The van der Waals surface area contributed by atoms with E-state index in [1.807, 2.05) is 6.92 Å². The van der Waals surface area contributed by atoms with Crippen LogP contribution in [-0.2, 0) is 4.74 Å². The Kier molecular flexibility index (Phi) is 5.18. The Bertz CT molecular complexity index is 911. The Hall–Kier alpha value is -1.76. The number of nitrogens with zero attached hydrogens (tertiary/aromatic N) is 2. The van der Waals surface area contributed by atoms with Crippen molar-refractivity contribution in [2.24, 2.45) is 0 Å². The van der Waals surface area contributed by atoms with Crippen molar-refractivity contribution in [1.29, 1.82) is 0 Å². The molecule has 1 aliphatic heterocycles. The second kappa shape index (κ2) is 7.00. The van der Waals surface area contributed by atoms with Gasteiger partial charge in [0.05, 0.1) is 36.3 Å². The summed E-state index contributed by atoms with van der Waals surface area (Å²) in [6.07, 6.45) is 1.14. The molecule has 0 radical (unpaired) electrons. The van der Waals surface area contributed by atoms with Crippen molar-refractivity contribution in [2.75, 3.05) is 13.7 Å². The number of benzene rings is 1. The van der Waals surface area contributed by atoms with Crippen LogP contribution in [0.2, 0.25) is 10.0 Å². The van der Waals surface area contributed by atoms with Crippen LogP contribution in [0.1, 0.15) is 50.9 Å². The van der Waals surface area contributed by atoms with E-state index in [1.165, 1.54) is 12.0 Å². The second-order valence-electron chi connectivity index (χ2n) is 7.49. The van der Waals surface area contributed by atoms with Gasteiger partial charge in [0.1, 0.15) is 16.4 Å². The molecule has 1 N–H and O–H groups in total. The molecule has 0 spiro atoms. The summed E-state index contributed by atoms with van der Waals surface area (Å²) < 4.78 is 10.9. The van der Waals surface area contributed by atoms with Crippen LogP contribution in [-0.4, -0.2) is 40.4 Å². The van der Waals surface area contributed by atoms with Crippen LogP contribution in [0.3, 0.4) is 0 Å². The zero-order valence-corrected chi connectivity index (χ0v) is 17.4. The molecule has 3 rings (SSSR count). The third kappa shape index (κ3) is 3.30. The maximum absolute atomic E-state index is 12.8. The van der Waals surface area contributed by atoms with Crippen LogP contribution in [0.25, 0.3) is 10.9 Å². The molecule has 146 valence electrons. The number of amides is 1. The first-order valence-electron chi connectivity index (χ1n) is 8.57. The zero-order valence-electron chi connectivity index (χ0n) is 15.8. The number of halogens is 2. The first-order chi connectivity index (χ1) is 12.6. The number of hydrogen-bond acceptors (Lipinski definition) is 5. The maximum Gasteiger partial charge on any atom is 0.411 e. The fraction of sp³-hybridized carbons (Fsp3) is 0.474. The van der Waals surface area contributed by atoms with E-state index in [0.29, 0.717) is 11.3 Å². The van der Waals surface area contributed by atoms with Gasteiger partial charge in [-0.25, -0.2) is 4.79 Å². The minimum Gasteiger partial charge on any atom is -0.495 e. The fourth-order valence-corrected chi connectivity index (χ4v) is 3.97. The second-order valence-corrected chi connectivity index (χ2v) is 8.25. The van der Waals surface area contributed by atoms with Crippen molar-refractivity contribution in [2.45, 2.75) is 45.4 Å². The molecule has 0 bridgehead atoms. The van der Waals surface area contributed by atoms with Crippen molar-refractivity contribution in [3.8, 4) is 5.75 Å². The predicted molar refractivity (Wildman–Crippen MR) is 105 cm³/mol. The van der Waals surface area contributed by atoms with Gasteiger partial charge in [-0.15, -0.1) is 0 Å². The normalized spacial score (nSPS) is 19.3. The molecule has 0 aliphatic carbocycles. The lowest BCUT2D eigenvalue weighted by Gasteiger charge is -2.30. The number of rotatable bonds is 2. The number of aliphatic hydroxyl groups excluding tert-OH is 1. The van der Waals surface area contributed by atoms with Crippen molar-refractivity contribution >= 4 is 40.2 Å². The molecule has 2 aromatic rings.